The van der Waals surface area contributed by atoms with Gasteiger partial charge in [0, 0.05) is 18.1 Å². The zero-order valence-corrected chi connectivity index (χ0v) is 23.7. The highest BCUT2D eigenvalue weighted by molar-refractivity contribution is 7.92. The molecule has 0 aromatic heterocycles. The molecule has 0 bridgehead atoms. The molecule has 2 amide bonds. The van der Waals surface area contributed by atoms with Crippen molar-refractivity contribution in [2.45, 2.75) is 51.6 Å². The first kappa shape index (κ1) is 29.2. The van der Waals surface area contributed by atoms with Gasteiger partial charge < -0.3 is 10.2 Å². The van der Waals surface area contributed by atoms with Gasteiger partial charge in [0.15, 0.2) is 0 Å². The fraction of sp³-hybridized carbons (Fsp3) is 0.310. The Bertz CT molecular complexity index is 1380. The molecule has 0 radical (unpaired) electrons. The van der Waals surface area contributed by atoms with Crippen molar-refractivity contribution in [1.29, 1.82) is 0 Å². The van der Waals surface area contributed by atoms with Crippen LogP contribution in [-0.2, 0) is 32.6 Å². The first-order valence-corrected chi connectivity index (χ1v) is 14.4. The first-order valence-electron chi connectivity index (χ1n) is 12.6. The Morgan fingerprint density at radius 3 is 2.13 bits per heavy atom. The van der Waals surface area contributed by atoms with Crippen LogP contribution in [0.5, 0.6) is 0 Å². The van der Waals surface area contributed by atoms with Gasteiger partial charge in [-0.1, -0.05) is 72.6 Å². The number of anilines is 1. The van der Waals surface area contributed by atoms with Crippen LogP contribution >= 0.6 is 11.6 Å². The molecular formula is C29H34ClN3O4S. The minimum Gasteiger partial charge on any atom is -0.355 e. The Hall–Kier alpha value is -3.36. The summed E-state index contributed by atoms with van der Waals surface area (Å²) in [7, 11) is -4.11. The summed E-state index contributed by atoms with van der Waals surface area (Å²) in [5.74, 6) is -0.861. The Kier molecular flexibility index (Phi) is 9.94. The number of carbonyl (C=O) groups is 2. The van der Waals surface area contributed by atoms with E-state index < -0.39 is 28.5 Å². The van der Waals surface area contributed by atoms with E-state index in [1.807, 2.05) is 26.0 Å². The molecule has 0 aliphatic rings. The molecule has 0 unspecified atom stereocenters. The number of para-hydroxylation sites is 1. The summed E-state index contributed by atoms with van der Waals surface area (Å²) in [6.07, 6.45) is 0.572. The largest absolute Gasteiger partial charge is 0.355 e. The van der Waals surface area contributed by atoms with Gasteiger partial charge in [0.25, 0.3) is 10.0 Å². The number of rotatable bonds is 11. The number of hydrogen-bond acceptors (Lipinski definition) is 4. The minimum absolute atomic E-state index is 0.0463. The first-order chi connectivity index (χ1) is 18.1. The maximum atomic E-state index is 13.9. The molecule has 0 saturated heterocycles. The number of carbonyl (C=O) groups excluding carboxylic acids is 2. The summed E-state index contributed by atoms with van der Waals surface area (Å²) in [5, 5.41) is 3.20. The Morgan fingerprint density at radius 2 is 1.53 bits per heavy atom. The van der Waals surface area contributed by atoms with Crippen molar-refractivity contribution in [3.63, 3.8) is 0 Å². The van der Waals surface area contributed by atoms with Gasteiger partial charge in [-0.2, -0.15) is 0 Å². The second-order valence-corrected chi connectivity index (χ2v) is 11.3. The van der Waals surface area contributed by atoms with Crippen LogP contribution < -0.4 is 9.62 Å². The summed E-state index contributed by atoms with van der Waals surface area (Å²) >= 11 is 6.38. The summed E-state index contributed by atoms with van der Waals surface area (Å²) in [5.41, 5.74) is 2.78. The predicted octanol–water partition coefficient (Wildman–Crippen LogP) is 4.96. The van der Waals surface area contributed by atoms with Crippen molar-refractivity contribution in [2.24, 2.45) is 0 Å². The second kappa shape index (κ2) is 12.9. The third-order valence-corrected chi connectivity index (χ3v) is 8.49. The normalized spacial score (nSPS) is 12.0. The van der Waals surface area contributed by atoms with Crippen molar-refractivity contribution in [2.75, 3.05) is 17.4 Å². The van der Waals surface area contributed by atoms with Crippen LogP contribution in [0.15, 0.2) is 77.7 Å². The number of sulfonamides is 1. The number of nitrogens with one attached hydrogen (secondary N) is 1. The van der Waals surface area contributed by atoms with Gasteiger partial charge in [0.2, 0.25) is 11.8 Å². The summed E-state index contributed by atoms with van der Waals surface area (Å²) in [4.78, 5) is 28.2. The van der Waals surface area contributed by atoms with Crippen molar-refractivity contribution in [3.05, 3.63) is 94.5 Å². The standard InChI is InChI=1S/C29H34ClN3O4S/c1-5-23-11-8-10-14-27(23)33(38(36,37)25-17-15-21(3)16-18-25)20-28(34)32(22(4)29(35)31-6-2)19-24-12-7-9-13-26(24)30/h7-18,22H,5-6,19-20H2,1-4H3,(H,31,35)/t22-/m1/s1. The SMILES string of the molecule is CCNC(=O)[C@@H](C)N(Cc1ccccc1Cl)C(=O)CN(c1ccccc1CC)S(=O)(=O)c1ccc(C)cc1. The lowest BCUT2D eigenvalue weighted by atomic mass is 10.1. The molecule has 3 aromatic rings. The lowest BCUT2D eigenvalue weighted by molar-refractivity contribution is -0.139. The Labute approximate surface area is 230 Å². The van der Waals surface area contributed by atoms with E-state index in [-0.39, 0.29) is 17.3 Å². The third-order valence-electron chi connectivity index (χ3n) is 6.35. The predicted molar refractivity (Wildman–Crippen MR) is 152 cm³/mol. The van der Waals surface area contributed by atoms with E-state index in [0.717, 1.165) is 15.4 Å². The van der Waals surface area contributed by atoms with E-state index >= 15 is 0 Å². The smallest absolute Gasteiger partial charge is 0.264 e. The van der Waals surface area contributed by atoms with E-state index in [9.17, 15) is 18.0 Å². The van der Waals surface area contributed by atoms with Crippen LogP contribution in [0.2, 0.25) is 5.02 Å². The number of likely N-dealkylation sites (N-methyl/N-ethyl adjacent to an activating group) is 1. The number of nitrogens with zero attached hydrogens (tertiary/aromatic N) is 2. The molecule has 202 valence electrons. The van der Waals surface area contributed by atoms with Crippen LogP contribution in [0.4, 0.5) is 5.69 Å². The Morgan fingerprint density at radius 1 is 0.921 bits per heavy atom. The molecule has 0 aliphatic carbocycles. The highest BCUT2D eigenvalue weighted by Crippen LogP contribution is 2.28. The number of halogens is 1. The van der Waals surface area contributed by atoms with E-state index in [1.54, 1.807) is 62.4 Å². The van der Waals surface area contributed by atoms with Gasteiger partial charge in [-0.05, 0) is 62.6 Å². The van der Waals surface area contributed by atoms with Gasteiger partial charge in [-0.3, -0.25) is 13.9 Å². The summed E-state index contributed by atoms with van der Waals surface area (Å²) in [6, 6.07) is 19.8. The van der Waals surface area contributed by atoms with Gasteiger partial charge in [0.1, 0.15) is 12.6 Å². The average molecular weight is 556 g/mol. The van der Waals surface area contributed by atoms with Crippen molar-refractivity contribution in [1.82, 2.24) is 10.2 Å². The fourth-order valence-electron chi connectivity index (χ4n) is 4.12. The topological polar surface area (TPSA) is 86.8 Å². The maximum absolute atomic E-state index is 13.9. The number of hydrogen-bond donors (Lipinski definition) is 1. The quantitative estimate of drug-likeness (QED) is 0.362. The molecule has 0 heterocycles. The number of aryl methyl sites for hydroxylation is 2. The Balaban J connectivity index is 2.08. The van der Waals surface area contributed by atoms with E-state index in [1.165, 1.54) is 17.0 Å². The zero-order chi connectivity index (χ0) is 27.9. The maximum Gasteiger partial charge on any atom is 0.264 e. The molecule has 3 aromatic carbocycles. The second-order valence-electron chi connectivity index (χ2n) is 8.99. The average Bonchev–Trinajstić information content (AvgIpc) is 2.91. The van der Waals surface area contributed by atoms with Crippen LogP contribution in [-0.4, -0.2) is 44.3 Å². The molecule has 3 rings (SSSR count). The molecular weight excluding hydrogens is 522 g/mol. The number of amides is 2. The molecule has 7 nitrogen and oxygen atoms in total. The molecule has 1 atom stereocenters. The molecule has 0 aliphatic heterocycles. The highest BCUT2D eigenvalue weighted by Gasteiger charge is 2.33. The molecule has 9 heteroatoms. The van der Waals surface area contributed by atoms with Crippen molar-refractivity contribution in [3.8, 4) is 0 Å². The third kappa shape index (κ3) is 6.74. The molecule has 38 heavy (non-hydrogen) atoms. The minimum atomic E-state index is -4.11. The molecule has 0 fully saturated rings. The van der Waals surface area contributed by atoms with Gasteiger partial charge >= 0.3 is 0 Å². The van der Waals surface area contributed by atoms with Crippen LogP contribution in [0.3, 0.4) is 0 Å². The summed E-state index contributed by atoms with van der Waals surface area (Å²) < 4.78 is 29.0. The summed E-state index contributed by atoms with van der Waals surface area (Å²) in [6.45, 7) is 7.18. The van der Waals surface area contributed by atoms with E-state index in [2.05, 4.69) is 5.32 Å². The van der Waals surface area contributed by atoms with Crippen molar-refractivity contribution < 1.29 is 18.0 Å². The fourth-order valence-corrected chi connectivity index (χ4v) is 5.77. The van der Waals surface area contributed by atoms with Gasteiger partial charge in [0.05, 0.1) is 10.6 Å². The van der Waals surface area contributed by atoms with Crippen LogP contribution in [0.1, 0.15) is 37.5 Å². The molecule has 1 N–H and O–H groups in total. The van der Waals surface area contributed by atoms with Crippen molar-refractivity contribution >= 4 is 39.1 Å². The zero-order valence-electron chi connectivity index (χ0n) is 22.1. The lowest BCUT2D eigenvalue weighted by Crippen LogP contribution is -2.51. The van der Waals surface area contributed by atoms with Gasteiger partial charge in [-0.25, -0.2) is 8.42 Å². The van der Waals surface area contributed by atoms with Gasteiger partial charge in [-0.15, -0.1) is 0 Å². The lowest BCUT2D eigenvalue weighted by Gasteiger charge is -2.32. The molecule has 0 spiro atoms. The highest BCUT2D eigenvalue weighted by atomic mass is 35.5. The van der Waals surface area contributed by atoms with Crippen LogP contribution in [0.25, 0.3) is 0 Å². The van der Waals surface area contributed by atoms with E-state index in [0.29, 0.717) is 29.2 Å². The monoisotopic (exact) mass is 555 g/mol. The number of benzene rings is 3. The van der Waals surface area contributed by atoms with Crippen LogP contribution in [0, 0.1) is 6.92 Å². The molecule has 0 saturated carbocycles. The van der Waals surface area contributed by atoms with E-state index in [4.69, 9.17) is 11.6 Å².